The molecule has 0 saturated heterocycles. The van der Waals surface area contributed by atoms with Gasteiger partial charge in [0.15, 0.2) is 0 Å². The van der Waals surface area contributed by atoms with Crippen molar-refractivity contribution in [1.82, 2.24) is 15.0 Å². The fourth-order valence-electron chi connectivity index (χ4n) is 3.03. The minimum atomic E-state index is -4.73. The number of aromatic nitrogens is 3. The first kappa shape index (κ1) is 21.8. The minimum absolute atomic E-state index is 0.0183. The molecule has 7 nitrogen and oxygen atoms in total. The molecule has 3 heterocycles. The molecule has 3 aromatic heterocycles. The second-order valence-electron chi connectivity index (χ2n) is 6.61. The molecule has 0 radical (unpaired) electrons. The van der Waals surface area contributed by atoms with Crippen LogP contribution in [-0.2, 0) is 16.2 Å². The van der Waals surface area contributed by atoms with Crippen molar-refractivity contribution in [3.05, 3.63) is 82.9 Å². The van der Waals surface area contributed by atoms with Gasteiger partial charge in [0.05, 0.1) is 21.2 Å². The first-order valence-electron chi connectivity index (χ1n) is 8.89. The van der Waals surface area contributed by atoms with Crippen molar-refractivity contribution in [3.8, 4) is 0 Å². The SMILES string of the molecule is O=C(c1ncc(Cl)cc1NS(=O)(=O)c1cccc(C(F)(F)F)c1)c1ccnc2[nH]ccc12. The molecule has 164 valence electrons. The molecule has 12 heteroatoms. The molecular formula is C20H12ClF3N4O3S. The number of H-pyrrole nitrogens is 1. The largest absolute Gasteiger partial charge is 0.416 e. The van der Waals surface area contributed by atoms with E-state index in [4.69, 9.17) is 11.6 Å². The first-order chi connectivity index (χ1) is 15.1. The van der Waals surface area contributed by atoms with Crippen molar-refractivity contribution < 1.29 is 26.4 Å². The van der Waals surface area contributed by atoms with E-state index in [9.17, 15) is 26.4 Å². The van der Waals surface area contributed by atoms with E-state index in [1.54, 1.807) is 12.3 Å². The Balaban J connectivity index is 1.76. The molecule has 1 aromatic carbocycles. The quantitative estimate of drug-likeness (QED) is 0.404. The van der Waals surface area contributed by atoms with Gasteiger partial charge in [-0.1, -0.05) is 17.7 Å². The summed E-state index contributed by atoms with van der Waals surface area (Å²) in [5, 5.41) is 0.505. The highest BCUT2D eigenvalue weighted by atomic mass is 35.5. The van der Waals surface area contributed by atoms with Gasteiger partial charge in [0.25, 0.3) is 10.0 Å². The molecular weight excluding hydrogens is 469 g/mol. The summed E-state index contributed by atoms with van der Waals surface area (Å²) in [7, 11) is -4.50. The summed E-state index contributed by atoms with van der Waals surface area (Å²) in [6.07, 6.45) is -0.588. The normalized spacial score (nSPS) is 12.1. The molecule has 0 aliphatic carbocycles. The smallest absolute Gasteiger partial charge is 0.346 e. The molecule has 0 spiro atoms. The number of sulfonamides is 1. The maximum atomic E-state index is 13.2. The van der Waals surface area contributed by atoms with Gasteiger partial charge in [-0.15, -0.1) is 0 Å². The number of nitrogens with zero attached hydrogens (tertiary/aromatic N) is 2. The van der Waals surface area contributed by atoms with Crippen LogP contribution in [0.15, 0.2) is 66.0 Å². The van der Waals surface area contributed by atoms with Crippen molar-refractivity contribution in [1.29, 1.82) is 0 Å². The molecule has 0 bridgehead atoms. The van der Waals surface area contributed by atoms with Crippen LogP contribution in [0.25, 0.3) is 11.0 Å². The van der Waals surface area contributed by atoms with Gasteiger partial charge in [0.1, 0.15) is 11.3 Å². The number of benzene rings is 1. The summed E-state index contributed by atoms with van der Waals surface area (Å²) in [6, 6.07) is 7.44. The number of aromatic amines is 1. The van der Waals surface area contributed by atoms with Crippen molar-refractivity contribution in [3.63, 3.8) is 0 Å². The molecule has 32 heavy (non-hydrogen) atoms. The molecule has 0 amide bonds. The summed E-state index contributed by atoms with van der Waals surface area (Å²) in [4.78, 5) is 23.4. The fourth-order valence-corrected chi connectivity index (χ4v) is 4.29. The monoisotopic (exact) mass is 480 g/mol. The lowest BCUT2D eigenvalue weighted by Gasteiger charge is -2.13. The average Bonchev–Trinajstić information content (AvgIpc) is 3.21. The Kier molecular flexibility index (Phi) is 5.39. The topological polar surface area (TPSA) is 105 Å². The van der Waals surface area contributed by atoms with Gasteiger partial charge in [-0.25, -0.2) is 18.4 Å². The van der Waals surface area contributed by atoms with Crippen LogP contribution >= 0.6 is 11.6 Å². The summed E-state index contributed by atoms with van der Waals surface area (Å²) in [6.45, 7) is 0. The zero-order valence-corrected chi connectivity index (χ0v) is 17.4. The van der Waals surface area contributed by atoms with E-state index in [1.165, 1.54) is 12.3 Å². The lowest BCUT2D eigenvalue weighted by atomic mass is 10.0. The lowest BCUT2D eigenvalue weighted by Crippen LogP contribution is -2.18. The fraction of sp³-hybridized carbons (Fsp3) is 0.0500. The number of carbonyl (C=O) groups is 1. The Morgan fingerprint density at radius 2 is 1.88 bits per heavy atom. The van der Waals surface area contributed by atoms with Crippen LogP contribution in [0.3, 0.4) is 0 Å². The molecule has 0 atom stereocenters. The zero-order chi connectivity index (χ0) is 23.1. The highest BCUT2D eigenvalue weighted by Crippen LogP contribution is 2.31. The summed E-state index contributed by atoms with van der Waals surface area (Å²) in [5.41, 5.74) is -1.05. The number of carbonyl (C=O) groups excluding carboxylic acids is 1. The number of pyridine rings is 2. The summed E-state index contributed by atoms with van der Waals surface area (Å²) < 4.78 is 66.7. The zero-order valence-electron chi connectivity index (χ0n) is 15.8. The highest BCUT2D eigenvalue weighted by Gasteiger charge is 2.32. The lowest BCUT2D eigenvalue weighted by molar-refractivity contribution is -0.137. The number of hydrogen-bond acceptors (Lipinski definition) is 5. The molecule has 2 N–H and O–H groups in total. The van der Waals surface area contributed by atoms with Crippen molar-refractivity contribution in [2.75, 3.05) is 4.72 Å². The number of halogens is 4. The van der Waals surface area contributed by atoms with E-state index in [1.807, 2.05) is 0 Å². The molecule has 0 aliphatic heterocycles. The van der Waals surface area contributed by atoms with E-state index >= 15 is 0 Å². The molecule has 0 fully saturated rings. The van der Waals surface area contributed by atoms with Crippen LogP contribution in [-0.4, -0.2) is 29.2 Å². The standard InChI is InChI=1S/C20H12ClF3N4O3S/c21-12-9-16(28-32(30,31)13-3-1-2-11(8-13)20(22,23)24)17(27-10-12)18(29)14-4-6-25-19-15(14)5-7-26-19/h1-10,28H,(H,25,26). The second-order valence-corrected chi connectivity index (χ2v) is 8.73. The number of fused-ring (bicyclic) bond motifs is 1. The van der Waals surface area contributed by atoms with E-state index in [0.717, 1.165) is 30.5 Å². The first-order valence-corrected chi connectivity index (χ1v) is 10.7. The third-order valence-electron chi connectivity index (χ3n) is 4.49. The Morgan fingerprint density at radius 1 is 1.09 bits per heavy atom. The highest BCUT2D eigenvalue weighted by molar-refractivity contribution is 7.92. The van der Waals surface area contributed by atoms with Gasteiger partial charge in [-0.05, 0) is 36.4 Å². The van der Waals surface area contributed by atoms with Gasteiger partial charge < -0.3 is 4.98 Å². The van der Waals surface area contributed by atoms with Crippen LogP contribution in [0.2, 0.25) is 5.02 Å². The Bertz CT molecular complexity index is 1450. The maximum Gasteiger partial charge on any atom is 0.416 e. The van der Waals surface area contributed by atoms with Crippen LogP contribution in [0.1, 0.15) is 21.6 Å². The van der Waals surface area contributed by atoms with E-state index < -0.39 is 32.4 Å². The van der Waals surface area contributed by atoms with Crippen LogP contribution in [0.4, 0.5) is 18.9 Å². The van der Waals surface area contributed by atoms with Gasteiger partial charge in [-0.3, -0.25) is 9.52 Å². The van der Waals surface area contributed by atoms with Crippen molar-refractivity contribution in [2.45, 2.75) is 11.1 Å². The predicted molar refractivity (Wildman–Crippen MR) is 111 cm³/mol. The van der Waals surface area contributed by atoms with Crippen LogP contribution in [0.5, 0.6) is 0 Å². The third-order valence-corrected chi connectivity index (χ3v) is 6.06. The average molecular weight is 481 g/mol. The Hall–Kier alpha value is -3.44. The number of nitrogens with one attached hydrogen (secondary N) is 2. The summed E-state index contributed by atoms with van der Waals surface area (Å²) in [5.74, 6) is -0.629. The minimum Gasteiger partial charge on any atom is -0.346 e. The second kappa shape index (κ2) is 7.92. The van der Waals surface area contributed by atoms with E-state index in [0.29, 0.717) is 17.1 Å². The third kappa shape index (κ3) is 4.16. The van der Waals surface area contributed by atoms with Gasteiger partial charge in [0, 0.05) is 29.5 Å². The van der Waals surface area contributed by atoms with Crippen LogP contribution < -0.4 is 4.72 Å². The molecule has 4 rings (SSSR count). The molecule has 0 unspecified atom stereocenters. The number of hydrogen-bond donors (Lipinski definition) is 2. The Morgan fingerprint density at radius 3 is 2.62 bits per heavy atom. The maximum absolute atomic E-state index is 13.2. The van der Waals surface area contributed by atoms with E-state index in [2.05, 4.69) is 19.7 Å². The van der Waals surface area contributed by atoms with Crippen LogP contribution in [0, 0.1) is 0 Å². The number of anilines is 1. The van der Waals surface area contributed by atoms with Crippen molar-refractivity contribution in [2.24, 2.45) is 0 Å². The molecule has 4 aromatic rings. The molecule has 0 saturated carbocycles. The van der Waals surface area contributed by atoms with Gasteiger partial charge >= 0.3 is 6.18 Å². The molecule has 0 aliphatic rings. The van der Waals surface area contributed by atoms with Crippen molar-refractivity contribution >= 4 is 44.1 Å². The van der Waals surface area contributed by atoms with Gasteiger partial charge in [-0.2, -0.15) is 13.2 Å². The Labute approximate surface area is 184 Å². The van der Waals surface area contributed by atoms with E-state index in [-0.39, 0.29) is 22.0 Å². The van der Waals surface area contributed by atoms with Gasteiger partial charge in [0.2, 0.25) is 5.78 Å². The number of ketones is 1. The predicted octanol–water partition coefficient (Wildman–Crippen LogP) is 4.66. The summed E-state index contributed by atoms with van der Waals surface area (Å²) >= 11 is 5.93. The number of rotatable bonds is 5. The number of alkyl halides is 3.